The van der Waals surface area contributed by atoms with Crippen LogP contribution in [0.25, 0.3) is 0 Å². The monoisotopic (exact) mass is 337 g/mol. The molecule has 0 aliphatic carbocycles. The Labute approximate surface area is 139 Å². The third-order valence-corrected chi connectivity index (χ3v) is 4.71. The van der Waals surface area contributed by atoms with Crippen LogP contribution >= 0.6 is 0 Å². The number of hydrogen-bond donors (Lipinski definition) is 0. The van der Waals surface area contributed by atoms with Gasteiger partial charge in [-0.3, -0.25) is 9.59 Å². The zero-order valence-corrected chi connectivity index (χ0v) is 13.7. The van der Waals surface area contributed by atoms with Crippen molar-refractivity contribution < 1.29 is 18.4 Å². The average Bonchev–Trinajstić information content (AvgIpc) is 2.77. The van der Waals surface area contributed by atoms with Crippen molar-refractivity contribution in [1.82, 2.24) is 9.80 Å². The molecular formula is C17H21F2N3O2. The van der Waals surface area contributed by atoms with Gasteiger partial charge in [-0.1, -0.05) is 0 Å². The summed E-state index contributed by atoms with van der Waals surface area (Å²) in [4.78, 5) is 30.1. The van der Waals surface area contributed by atoms with Gasteiger partial charge in [-0.2, -0.15) is 0 Å². The largest absolute Gasteiger partial charge is 0.341 e. The maximum absolute atomic E-state index is 13.9. The second-order valence-corrected chi connectivity index (χ2v) is 6.48. The Hall–Kier alpha value is -2.02. The van der Waals surface area contributed by atoms with Crippen LogP contribution in [0.2, 0.25) is 0 Å². The van der Waals surface area contributed by atoms with Crippen molar-refractivity contribution >= 4 is 17.5 Å². The maximum Gasteiger partial charge on any atom is 0.228 e. The highest BCUT2D eigenvalue weighted by molar-refractivity contribution is 6.00. The van der Waals surface area contributed by atoms with E-state index in [-0.39, 0.29) is 30.5 Å². The number of carbonyl (C=O) groups excluding carboxylic acids is 2. The second kappa shape index (κ2) is 6.84. The average molecular weight is 337 g/mol. The van der Waals surface area contributed by atoms with Gasteiger partial charge in [-0.25, -0.2) is 8.78 Å². The number of anilines is 1. The van der Waals surface area contributed by atoms with Crippen LogP contribution < -0.4 is 4.90 Å². The van der Waals surface area contributed by atoms with Gasteiger partial charge in [0.15, 0.2) is 0 Å². The van der Waals surface area contributed by atoms with E-state index in [4.69, 9.17) is 0 Å². The Morgan fingerprint density at radius 1 is 1.17 bits per heavy atom. The standard InChI is InChI=1S/C17H21F2N3O2/c1-20-5-2-6-21(8-7-20)17(24)12-9-16(23)22(11-12)15-4-3-13(18)10-14(15)19/h3-4,10,12H,2,5-9,11H2,1H3. The first-order chi connectivity index (χ1) is 11.5. The highest BCUT2D eigenvalue weighted by Gasteiger charge is 2.38. The second-order valence-electron chi connectivity index (χ2n) is 6.48. The van der Waals surface area contributed by atoms with Crippen LogP contribution in [0, 0.1) is 17.6 Å². The van der Waals surface area contributed by atoms with E-state index in [1.165, 1.54) is 11.0 Å². The van der Waals surface area contributed by atoms with E-state index >= 15 is 0 Å². The fraction of sp³-hybridized carbons (Fsp3) is 0.529. The van der Waals surface area contributed by atoms with E-state index < -0.39 is 17.6 Å². The summed E-state index contributed by atoms with van der Waals surface area (Å²) in [5, 5.41) is 0. The van der Waals surface area contributed by atoms with Crippen molar-refractivity contribution in [2.45, 2.75) is 12.8 Å². The molecule has 24 heavy (non-hydrogen) atoms. The number of halogens is 2. The van der Waals surface area contributed by atoms with Crippen molar-refractivity contribution in [2.24, 2.45) is 5.92 Å². The number of benzene rings is 1. The lowest BCUT2D eigenvalue weighted by Gasteiger charge is -2.24. The van der Waals surface area contributed by atoms with Gasteiger partial charge in [0.2, 0.25) is 11.8 Å². The van der Waals surface area contributed by atoms with Gasteiger partial charge in [0, 0.05) is 38.7 Å². The van der Waals surface area contributed by atoms with E-state index in [0.29, 0.717) is 13.1 Å². The smallest absolute Gasteiger partial charge is 0.228 e. The minimum atomic E-state index is -0.784. The Morgan fingerprint density at radius 3 is 2.71 bits per heavy atom. The lowest BCUT2D eigenvalue weighted by molar-refractivity contribution is -0.135. The summed E-state index contributed by atoms with van der Waals surface area (Å²) in [6.07, 6.45) is 0.973. The molecule has 5 nitrogen and oxygen atoms in total. The third-order valence-electron chi connectivity index (χ3n) is 4.71. The summed E-state index contributed by atoms with van der Waals surface area (Å²) < 4.78 is 27.0. The van der Waals surface area contributed by atoms with Gasteiger partial charge in [-0.05, 0) is 32.1 Å². The minimum absolute atomic E-state index is 0.0345. The predicted octanol–water partition coefficient (Wildman–Crippen LogP) is 1.48. The molecule has 2 aliphatic heterocycles. The maximum atomic E-state index is 13.9. The van der Waals surface area contributed by atoms with Crippen molar-refractivity contribution in [2.75, 3.05) is 44.7 Å². The van der Waals surface area contributed by atoms with Crippen LogP contribution in [-0.2, 0) is 9.59 Å². The molecule has 2 saturated heterocycles. The Bertz CT molecular complexity index is 653. The Morgan fingerprint density at radius 2 is 1.96 bits per heavy atom. The van der Waals surface area contributed by atoms with E-state index in [1.807, 2.05) is 7.05 Å². The van der Waals surface area contributed by atoms with Crippen LogP contribution in [0.5, 0.6) is 0 Å². The zero-order chi connectivity index (χ0) is 17.3. The first-order valence-corrected chi connectivity index (χ1v) is 8.18. The van der Waals surface area contributed by atoms with Gasteiger partial charge in [0.05, 0.1) is 11.6 Å². The molecule has 7 heteroatoms. The quantitative estimate of drug-likeness (QED) is 0.821. The number of nitrogens with zero attached hydrogens (tertiary/aromatic N) is 3. The molecular weight excluding hydrogens is 316 g/mol. The Balaban J connectivity index is 1.71. The van der Waals surface area contributed by atoms with Crippen LogP contribution in [0.3, 0.4) is 0 Å². The molecule has 2 aliphatic rings. The SMILES string of the molecule is CN1CCCN(C(=O)C2CC(=O)N(c3ccc(F)cc3F)C2)CC1. The van der Waals surface area contributed by atoms with Gasteiger partial charge >= 0.3 is 0 Å². The molecule has 1 unspecified atom stereocenters. The van der Waals surface area contributed by atoms with E-state index in [1.54, 1.807) is 4.90 Å². The molecule has 0 saturated carbocycles. The molecule has 0 radical (unpaired) electrons. The van der Waals surface area contributed by atoms with E-state index in [9.17, 15) is 18.4 Å². The van der Waals surface area contributed by atoms with Crippen LogP contribution in [0.4, 0.5) is 14.5 Å². The molecule has 130 valence electrons. The minimum Gasteiger partial charge on any atom is -0.341 e. The topological polar surface area (TPSA) is 43.9 Å². The summed E-state index contributed by atoms with van der Waals surface area (Å²) in [5.41, 5.74) is 0.0345. The molecule has 3 rings (SSSR count). The number of likely N-dealkylation sites (N-methyl/N-ethyl adjacent to an activating group) is 1. The van der Waals surface area contributed by atoms with Gasteiger partial charge in [0.25, 0.3) is 0 Å². The molecule has 0 N–H and O–H groups in total. The van der Waals surface area contributed by atoms with E-state index in [2.05, 4.69) is 4.90 Å². The van der Waals surface area contributed by atoms with E-state index in [0.717, 1.165) is 31.6 Å². The number of rotatable bonds is 2. The number of hydrogen-bond acceptors (Lipinski definition) is 3. The third kappa shape index (κ3) is 3.40. The fourth-order valence-electron chi connectivity index (χ4n) is 3.33. The fourth-order valence-corrected chi connectivity index (χ4v) is 3.33. The zero-order valence-electron chi connectivity index (χ0n) is 13.7. The molecule has 2 fully saturated rings. The summed E-state index contributed by atoms with van der Waals surface area (Å²) >= 11 is 0. The predicted molar refractivity (Wildman–Crippen MR) is 85.5 cm³/mol. The van der Waals surface area contributed by atoms with Crippen molar-refractivity contribution in [1.29, 1.82) is 0 Å². The highest BCUT2D eigenvalue weighted by atomic mass is 19.1. The number of carbonyl (C=O) groups is 2. The molecule has 1 aromatic carbocycles. The van der Waals surface area contributed by atoms with Crippen LogP contribution in [-0.4, -0.2) is 61.4 Å². The number of amides is 2. The molecule has 1 aromatic rings. The molecule has 0 spiro atoms. The molecule has 2 amide bonds. The van der Waals surface area contributed by atoms with Gasteiger partial charge in [0.1, 0.15) is 11.6 Å². The summed E-state index contributed by atoms with van der Waals surface area (Å²) in [6, 6.07) is 3.12. The summed E-state index contributed by atoms with van der Waals surface area (Å²) in [6.45, 7) is 3.22. The molecule has 1 atom stereocenters. The van der Waals surface area contributed by atoms with Crippen LogP contribution in [0.1, 0.15) is 12.8 Å². The van der Waals surface area contributed by atoms with Gasteiger partial charge < -0.3 is 14.7 Å². The highest BCUT2D eigenvalue weighted by Crippen LogP contribution is 2.29. The van der Waals surface area contributed by atoms with Gasteiger partial charge in [-0.15, -0.1) is 0 Å². The summed E-state index contributed by atoms with van der Waals surface area (Å²) in [5.74, 6) is -2.29. The van der Waals surface area contributed by atoms with Crippen molar-refractivity contribution in [3.05, 3.63) is 29.8 Å². The summed E-state index contributed by atoms with van der Waals surface area (Å²) in [7, 11) is 2.02. The lowest BCUT2D eigenvalue weighted by Crippen LogP contribution is -2.39. The first kappa shape index (κ1) is 16.8. The van der Waals surface area contributed by atoms with Crippen molar-refractivity contribution in [3.8, 4) is 0 Å². The lowest BCUT2D eigenvalue weighted by atomic mass is 10.1. The molecule has 0 aromatic heterocycles. The first-order valence-electron chi connectivity index (χ1n) is 8.18. The molecule has 2 heterocycles. The normalized spacial score (nSPS) is 22.8. The van der Waals surface area contributed by atoms with Crippen molar-refractivity contribution in [3.63, 3.8) is 0 Å². The molecule has 0 bridgehead atoms. The van der Waals surface area contributed by atoms with Crippen LogP contribution in [0.15, 0.2) is 18.2 Å². The Kier molecular flexibility index (Phi) is 4.80.